The number of hydrogen-bond acceptors (Lipinski definition) is 3. The highest BCUT2D eigenvalue weighted by molar-refractivity contribution is 5.99. The molecule has 4 nitrogen and oxygen atoms in total. The van der Waals surface area contributed by atoms with Gasteiger partial charge in [-0.05, 0) is 31.4 Å². The molecule has 2 rings (SSSR count). The van der Waals surface area contributed by atoms with Crippen LogP contribution in [0.5, 0.6) is 0 Å². The first-order valence-electron chi connectivity index (χ1n) is 6.30. The number of methoxy groups -OCH3 is 1. The van der Waals surface area contributed by atoms with Gasteiger partial charge < -0.3 is 15.4 Å². The molecule has 1 aliphatic heterocycles. The Hall–Kier alpha value is -1.55. The molecule has 0 spiro atoms. The van der Waals surface area contributed by atoms with Crippen molar-refractivity contribution in [2.75, 3.05) is 25.9 Å². The Labute approximate surface area is 108 Å². The lowest BCUT2D eigenvalue weighted by Crippen LogP contribution is -2.40. The fourth-order valence-electron chi connectivity index (χ4n) is 2.33. The van der Waals surface area contributed by atoms with Crippen molar-refractivity contribution in [1.29, 1.82) is 0 Å². The van der Waals surface area contributed by atoms with Gasteiger partial charge in [-0.2, -0.15) is 0 Å². The highest BCUT2D eigenvalue weighted by Crippen LogP contribution is 2.21. The predicted octanol–water partition coefficient (Wildman–Crippen LogP) is 1.83. The first kappa shape index (κ1) is 12.9. The second-order valence-corrected chi connectivity index (χ2v) is 4.76. The van der Waals surface area contributed by atoms with Crippen molar-refractivity contribution in [2.24, 2.45) is 0 Å². The van der Waals surface area contributed by atoms with Gasteiger partial charge in [0.15, 0.2) is 0 Å². The van der Waals surface area contributed by atoms with E-state index in [0.29, 0.717) is 11.3 Å². The topological polar surface area (TPSA) is 55.6 Å². The number of likely N-dealkylation sites (tertiary alicyclic amines) is 1. The van der Waals surface area contributed by atoms with Crippen molar-refractivity contribution >= 4 is 11.6 Å². The van der Waals surface area contributed by atoms with Crippen LogP contribution >= 0.6 is 0 Å². The molecule has 0 bridgehead atoms. The first-order valence-corrected chi connectivity index (χ1v) is 6.30. The fraction of sp³-hybridized carbons (Fsp3) is 0.500. The zero-order valence-electron chi connectivity index (χ0n) is 11.0. The van der Waals surface area contributed by atoms with Crippen molar-refractivity contribution in [3.8, 4) is 0 Å². The minimum Gasteiger partial charge on any atom is -0.398 e. The van der Waals surface area contributed by atoms with Crippen LogP contribution in [0.1, 0.15) is 28.8 Å². The summed E-state index contributed by atoms with van der Waals surface area (Å²) in [5, 5.41) is 0. The third-order valence-corrected chi connectivity index (χ3v) is 3.62. The molecule has 18 heavy (non-hydrogen) atoms. The number of ether oxygens (including phenoxy) is 1. The van der Waals surface area contributed by atoms with Crippen LogP contribution in [0, 0.1) is 6.92 Å². The smallest absolute Gasteiger partial charge is 0.255 e. The van der Waals surface area contributed by atoms with Crippen molar-refractivity contribution < 1.29 is 9.53 Å². The van der Waals surface area contributed by atoms with E-state index in [1.165, 1.54) is 0 Å². The Morgan fingerprint density at radius 3 is 2.67 bits per heavy atom. The second kappa shape index (κ2) is 5.40. The minimum absolute atomic E-state index is 0.0331. The fourth-order valence-corrected chi connectivity index (χ4v) is 2.33. The van der Waals surface area contributed by atoms with E-state index in [-0.39, 0.29) is 12.0 Å². The number of nitrogens with zero attached hydrogens (tertiary/aromatic N) is 1. The summed E-state index contributed by atoms with van der Waals surface area (Å²) in [5.41, 5.74) is 8.13. The lowest BCUT2D eigenvalue weighted by atomic mass is 10.0. The van der Waals surface area contributed by atoms with Gasteiger partial charge in [-0.3, -0.25) is 4.79 Å². The van der Waals surface area contributed by atoms with E-state index >= 15 is 0 Å². The van der Waals surface area contributed by atoms with E-state index < -0.39 is 0 Å². The van der Waals surface area contributed by atoms with Gasteiger partial charge in [0.25, 0.3) is 5.91 Å². The molecule has 0 unspecified atom stereocenters. The number of rotatable bonds is 2. The molecule has 0 saturated carbocycles. The molecule has 0 aliphatic carbocycles. The third-order valence-electron chi connectivity index (χ3n) is 3.62. The summed E-state index contributed by atoms with van der Waals surface area (Å²) in [7, 11) is 1.72. The van der Waals surface area contributed by atoms with Crippen LogP contribution in [0.3, 0.4) is 0 Å². The largest absolute Gasteiger partial charge is 0.398 e. The molecule has 1 amide bonds. The van der Waals surface area contributed by atoms with Crippen LogP contribution in [0.2, 0.25) is 0 Å². The number of amides is 1. The third kappa shape index (κ3) is 2.48. The van der Waals surface area contributed by atoms with E-state index in [1.54, 1.807) is 13.2 Å². The number of carbonyl (C=O) groups excluding carboxylic acids is 1. The number of benzene rings is 1. The molecule has 0 radical (unpaired) electrons. The average molecular weight is 248 g/mol. The van der Waals surface area contributed by atoms with Crippen molar-refractivity contribution in [3.63, 3.8) is 0 Å². The number of aryl methyl sites for hydroxylation is 1. The van der Waals surface area contributed by atoms with Crippen LogP contribution in [0.15, 0.2) is 18.2 Å². The molecule has 0 aromatic heterocycles. The lowest BCUT2D eigenvalue weighted by Gasteiger charge is -2.31. The van der Waals surface area contributed by atoms with Crippen molar-refractivity contribution in [1.82, 2.24) is 4.90 Å². The van der Waals surface area contributed by atoms with Crippen LogP contribution < -0.4 is 5.73 Å². The number of carbonyl (C=O) groups is 1. The zero-order chi connectivity index (χ0) is 13.1. The van der Waals surface area contributed by atoms with Gasteiger partial charge in [0, 0.05) is 25.9 Å². The van der Waals surface area contributed by atoms with E-state index in [4.69, 9.17) is 10.5 Å². The molecular weight excluding hydrogens is 228 g/mol. The monoisotopic (exact) mass is 248 g/mol. The maximum atomic E-state index is 12.4. The molecule has 1 saturated heterocycles. The van der Waals surface area contributed by atoms with Gasteiger partial charge in [0.05, 0.1) is 11.7 Å². The van der Waals surface area contributed by atoms with Gasteiger partial charge in [-0.25, -0.2) is 0 Å². The molecular formula is C14H20N2O2. The van der Waals surface area contributed by atoms with Gasteiger partial charge in [0.2, 0.25) is 0 Å². The van der Waals surface area contributed by atoms with Crippen LogP contribution in [-0.2, 0) is 4.74 Å². The number of nitrogen functional groups attached to an aromatic ring is 1. The molecule has 1 fully saturated rings. The number of nitrogens with two attached hydrogens (primary N) is 1. The summed E-state index contributed by atoms with van der Waals surface area (Å²) in [6.45, 7) is 3.40. The van der Waals surface area contributed by atoms with Crippen LogP contribution in [0.25, 0.3) is 0 Å². The maximum Gasteiger partial charge on any atom is 0.255 e. The van der Waals surface area contributed by atoms with Gasteiger partial charge in [0.1, 0.15) is 0 Å². The molecule has 0 atom stereocenters. The normalized spacial score (nSPS) is 16.9. The second-order valence-electron chi connectivity index (χ2n) is 4.76. The average Bonchev–Trinajstić information content (AvgIpc) is 2.41. The SMILES string of the molecule is COC1CCN(C(=O)c2cccc(C)c2N)CC1. The molecule has 1 aliphatic rings. The first-order chi connectivity index (χ1) is 8.63. The van der Waals surface area contributed by atoms with Crippen molar-refractivity contribution in [3.05, 3.63) is 29.3 Å². The summed E-state index contributed by atoms with van der Waals surface area (Å²) in [4.78, 5) is 14.2. The molecule has 1 aromatic carbocycles. The predicted molar refractivity (Wildman–Crippen MR) is 71.5 cm³/mol. The molecule has 98 valence electrons. The maximum absolute atomic E-state index is 12.4. The Kier molecular flexibility index (Phi) is 3.87. The van der Waals surface area contributed by atoms with Crippen LogP contribution in [0.4, 0.5) is 5.69 Å². The Morgan fingerprint density at radius 1 is 1.39 bits per heavy atom. The molecule has 1 aromatic rings. The molecule has 4 heteroatoms. The molecule has 1 heterocycles. The standard InChI is InChI=1S/C14H20N2O2/c1-10-4-3-5-12(13(10)15)14(17)16-8-6-11(18-2)7-9-16/h3-5,11H,6-9,15H2,1-2H3. The van der Waals surface area contributed by atoms with Gasteiger partial charge in [-0.1, -0.05) is 12.1 Å². The molecule has 2 N–H and O–H groups in total. The summed E-state index contributed by atoms with van der Waals surface area (Å²) >= 11 is 0. The Morgan fingerprint density at radius 2 is 2.06 bits per heavy atom. The summed E-state index contributed by atoms with van der Waals surface area (Å²) < 4.78 is 5.31. The number of para-hydroxylation sites is 1. The highest BCUT2D eigenvalue weighted by Gasteiger charge is 2.24. The highest BCUT2D eigenvalue weighted by atomic mass is 16.5. The van der Waals surface area contributed by atoms with E-state index in [0.717, 1.165) is 31.5 Å². The van der Waals surface area contributed by atoms with Crippen molar-refractivity contribution in [2.45, 2.75) is 25.9 Å². The number of hydrogen-bond donors (Lipinski definition) is 1. The Balaban J connectivity index is 2.10. The van der Waals surface area contributed by atoms with Crippen LogP contribution in [-0.4, -0.2) is 37.1 Å². The van der Waals surface area contributed by atoms with E-state index in [2.05, 4.69) is 0 Å². The minimum atomic E-state index is 0.0331. The Bertz CT molecular complexity index is 437. The summed E-state index contributed by atoms with van der Waals surface area (Å²) in [6.07, 6.45) is 2.07. The lowest BCUT2D eigenvalue weighted by molar-refractivity contribution is 0.0351. The number of piperidine rings is 1. The van der Waals surface area contributed by atoms with Gasteiger partial charge >= 0.3 is 0 Å². The van der Waals surface area contributed by atoms with E-state index in [1.807, 2.05) is 24.0 Å². The summed E-state index contributed by atoms with van der Waals surface area (Å²) in [5.74, 6) is 0.0331. The number of anilines is 1. The van der Waals surface area contributed by atoms with E-state index in [9.17, 15) is 4.79 Å². The summed E-state index contributed by atoms with van der Waals surface area (Å²) in [6, 6.07) is 5.59. The zero-order valence-corrected chi connectivity index (χ0v) is 11.0. The van der Waals surface area contributed by atoms with Gasteiger partial charge in [-0.15, -0.1) is 0 Å². The quantitative estimate of drug-likeness (QED) is 0.812.